The third-order valence-corrected chi connectivity index (χ3v) is 6.70. The number of halogens is 5. The summed E-state index contributed by atoms with van der Waals surface area (Å²) in [5, 5.41) is 13.7. The first kappa shape index (κ1) is 29.9. The highest BCUT2D eigenvalue weighted by Crippen LogP contribution is 2.40. The van der Waals surface area contributed by atoms with Crippen molar-refractivity contribution in [3.63, 3.8) is 0 Å². The molecule has 13 heteroatoms. The summed E-state index contributed by atoms with van der Waals surface area (Å²) in [5.74, 6) is -2.08. The number of rotatable bonds is 8. The molecule has 8 nitrogen and oxygen atoms in total. The number of hydrogen-bond donors (Lipinski definition) is 1. The molecule has 1 amide bonds. The van der Waals surface area contributed by atoms with Crippen LogP contribution in [-0.4, -0.2) is 34.2 Å². The summed E-state index contributed by atoms with van der Waals surface area (Å²) in [6, 6.07) is 12.0. The number of amides is 1. The lowest BCUT2D eigenvalue weighted by Gasteiger charge is -2.22. The van der Waals surface area contributed by atoms with Crippen molar-refractivity contribution in [3.05, 3.63) is 92.8 Å². The van der Waals surface area contributed by atoms with Crippen LogP contribution in [0.5, 0.6) is 5.88 Å². The summed E-state index contributed by atoms with van der Waals surface area (Å²) in [4.78, 5) is 28.4. The van der Waals surface area contributed by atoms with Crippen molar-refractivity contribution >= 4 is 40.8 Å². The Bertz CT molecular complexity index is 1580. The lowest BCUT2D eigenvalue weighted by molar-refractivity contribution is -0.140. The maximum Gasteiger partial charge on any atom is 0.435 e. The molecule has 4 aromatic rings. The SMILES string of the molecule is CC(C)c1onc(-c2c(Cl)cccc2Cl)c1COc1ccc(N(C)C(=O)c2ccc(C(=O)O)cc2)c(C(F)(F)F)n1. The van der Waals surface area contributed by atoms with Gasteiger partial charge >= 0.3 is 12.1 Å². The molecule has 0 saturated carbocycles. The Kier molecular flexibility index (Phi) is 8.60. The van der Waals surface area contributed by atoms with E-state index in [1.807, 2.05) is 13.8 Å². The number of aromatic carboxylic acids is 1. The number of carboxylic acid groups (broad SMARTS) is 1. The molecule has 0 aliphatic rings. The van der Waals surface area contributed by atoms with E-state index in [1.54, 1.807) is 18.2 Å². The Balaban J connectivity index is 1.65. The first-order chi connectivity index (χ1) is 19.3. The van der Waals surface area contributed by atoms with Crippen molar-refractivity contribution in [1.29, 1.82) is 0 Å². The fourth-order valence-electron chi connectivity index (χ4n) is 4.03. The normalized spacial score (nSPS) is 11.5. The van der Waals surface area contributed by atoms with Gasteiger partial charge in [0.25, 0.3) is 5.91 Å². The van der Waals surface area contributed by atoms with Crippen molar-refractivity contribution in [2.75, 3.05) is 11.9 Å². The number of nitrogens with zero attached hydrogens (tertiary/aromatic N) is 3. The molecule has 41 heavy (non-hydrogen) atoms. The van der Waals surface area contributed by atoms with Gasteiger partial charge < -0.3 is 19.3 Å². The van der Waals surface area contributed by atoms with Crippen molar-refractivity contribution in [3.8, 4) is 17.1 Å². The van der Waals surface area contributed by atoms with Crippen LogP contribution in [0, 0.1) is 0 Å². The van der Waals surface area contributed by atoms with Crippen LogP contribution < -0.4 is 9.64 Å². The van der Waals surface area contributed by atoms with E-state index >= 15 is 0 Å². The van der Waals surface area contributed by atoms with E-state index in [4.69, 9.17) is 37.6 Å². The smallest absolute Gasteiger partial charge is 0.435 e. The van der Waals surface area contributed by atoms with E-state index in [2.05, 4.69) is 10.1 Å². The minimum absolute atomic E-state index is 0.00890. The Morgan fingerprint density at radius 3 is 2.20 bits per heavy atom. The summed E-state index contributed by atoms with van der Waals surface area (Å²) >= 11 is 12.7. The van der Waals surface area contributed by atoms with Crippen LogP contribution in [0.3, 0.4) is 0 Å². The summed E-state index contributed by atoms with van der Waals surface area (Å²) in [5.41, 5.74) is -0.837. The molecule has 4 rings (SSSR count). The van der Waals surface area contributed by atoms with Gasteiger partial charge in [0.2, 0.25) is 5.88 Å². The molecule has 0 aliphatic heterocycles. The lowest BCUT2D eigenvalue weighted by atomic mass is 10.0. The average Bonchev–Trinajstić information content (AvgIpc) is 3.34. The molecule has 0 fully saturated rings. The fourth-order valence-corrected chi connectivity index (χ4v) is 4.61. The molecule has 0 atom stereocenters. The van der Waals surface area contributed by atoms with Crippen LogP contribution >= 0.6 is 23.2 Å². The highest BCUT2D eigenvalue weighted by Gasteiger charge is 2.38. The number of benzene rings is 2. The molecule has 2 aromatic carbocycles. The number of alkyl halides is 3. The summed E-state index contributed by atoms with van der Waals surface area (Å²) in [6.07, 6.45) is -4.94. The zero-order valence-electron chi connectivity index (χ0n) is 21.8. The third kappa shape index (κ3) is 6.31. The number of anilines is 1. The minimum Gasteiger partial charge on any atom is -0.478 e. The second kappa shape index (κ2) is 11.8. The predicted molar refractivity (Wildman–Crippen MR) is 146 cm³/mol. The molecule has 2 aromatic heterocycles. The number of carbonyl (C=O) groups excluding carboxylic acids is 1. The number of hydrogen-bond acceptors (Lipinski definition) is 6. The predicted octanol–water partition coefficient (Wildman–Crippen LogP) is 7.74. The summed E-state index contributed by atoms with van der Waals surface area (Å²) in [6.45, 7) is 3.43. The van der Waals surface area contributed by atoms with E-state index < -0.39 is 29.4 Å². The Hall–Kier alpha value is -4.09. The van der Waals surface area contributed by atoms with Gasteiger partial charge in [-0.15, -0.1) is 0 Å². The van der Waals surface area contributed by atoms with Gasteiger partial charge in [-0.1, -0.05) is 48.3 Å². The van der Waals surface area contributed by atoms with Gasteiger partial charge in [-0.25, -0.2) is 9.78 Å². The fraction of sp³-hybridized carbons (Fsp3) is 0.214. The standard InChI is InChI=1S/C28H22Cl2F3N3O5/c1-14(2)24-17(23(35-41-24)22-18(29)5-4-6-19(22)30)13-40-21-12-11-20(25(34-21)28(31,32)33)36(3)26(37)15-7-9-16(10-8-15)27(38)39/h4-12,14H,13H2,1-3H3,(H,38,39). The second-order valence-corrected chi connectivity index (χ2v) is 9.99. The molecule has 1 N–H and O–H groups in total. The molecule has 0 spiro atoms. The van der Waals surface area contributed by atoms with Crippen molar-refractivity contribution in [2.45, 2.75) is 32.5 Å². The zero-order chi connectivity index (χ0) is 30.1. The van der Waals surface area contributed by atoms with Gasteiger partial charge in [-0.3, -0.25) is 4.79 Å². The van der Waals surface area contributed by atoms with Gasteiger partial charge in [-0.2, -0.15) is 13.2 Å². The second-order valence-electron chi connectivity index (χ2n) is 9.18. The Morgan fingerprint density at radius 2 is 1.63 bits per heavy atom. The van der Waals surface area contributed by atoms with Crippen molar-refractivity contribution < 1.29 is 37.1 Å². The van der Waals surface area contributed by atoms with Gasteiger partial charge in [0.1, 0.15) is 18.1 Å². The first-order valence-corrected chi connectivity index (χ1v) is 12.8. The van der Waals surface area contributed by atoms with E-state index in [-0.39, 0.29) is 35.2 Å². The molecule has 2 heterocycles. The van der Waals surface area contributed by atoms with E-state index in [0.29, 0.717) is 26.9 Å². The molecule has 214 valence electrons. The van der Waals surface area contributed by atoms with Crippen LogP contribution in [0.15, 0.2) is 59.1 Å². The van der Waals surface area contributed by atoms with E-state index in [1.165, 1.54) is 30.3 Å². The van der Waals surface area contributed by atoms with Crippen molar-refractivity contribution in [2.24, 2.45) is 0 Å². The van der Waals surface area contributed by atoms with Gasteiger partial charge in [0, 0.05) is 30.2 Å². The number of aromatic nitrogens is 2. The Morgan fingerprint density at radius 1 is 1.02 bits per heavy atom. The van der Waals surface area contributed by atoms with E-state index in [0.717, 1.165) is 18.0 Å². The molecule has 0 saturated heterocycles. The van der Waals surface area contributed by atoms with Crippen LogP contribution in [0.4, 0.5) is 18.9 Å². The number of carbonyl (C=O) groups is 2. The molecular weight excluding hydrogens is 586 g/mol. The van der Waals surface area contributed by atoms with Gasteiger partial charge in [0.05, 0.1) is 26.9 Å². The highest BCUT2D eigenvalue weighted by atomic mass is 35.5. The maximum absolute atomic E-state index is 14.1. The molecule has 0 unspecified atom stereocenters. The number of pyridine rings is 1. The van der Waals surface area contributed by atoms with E-state index in [9.17, 15) is 22.8 Å². The molecule has 0 radical (unpaired) electrons. The largest absolute Gasteiger partial charge is 0.478 e. The molecular formula is C28H22Cl2F3N3O5. The molecule has 0 aliphatic carbocycles. The van der Waals surface area contributed by atoms with Crippen LogP contribution in [-0.2, 0) is 12.8 Å². The van der Waals surface area contributed by atoms with Gasteiger partial charge in [0.15, 0.2) is 5.69 Å². The van der Waals surface area contributed by atoms with Crippen LogP contribution in [0.1, 0.15) is 57.5 Å². The van der Waals surface area contributed by atoms with Crippen LogP contribution in [0.2, 0.25) is 10.0 Å². The highest BCUT2D eigenvalue weighted by molar-refractivity contribution is 6.39. The summed E-state index contributed by atoms with van der Waals surface area (Å²) < 4.78 is 53.4. The van der Waals surface area contributed by atoms with Crippen molar-refractivity contribution in [1.82, 2.24) is 10.1 Å². The monoisotopic (exact) mass is 607 g/mol. The topological polar surface area (TPSA) is 106 Å². The Labute approximate surface area is 242 Å². The summed E-state index contributed by atoms with van der Waals surface area (Å²) in [7, 11) is 1.16. The van der Waals surface area contributed by atoms with Crippen LogP contribution in [0.25, 0.3) is 11.3 Å². The molecule has 0 bridgehead atoms. The maximum atomic E-state index is 14.1. The number of carboxylic acids is 1. The lowest BCUT2D eigenvalue weighted by Crippen LogP contribution is -2.29. The third-order valence-electron chi connectivity index (χ3n) is 6.07. The van der Waals surface area contributed by atoms with Gasteiger partial charge in [-0.05, 0) is 42.5 Å². The first-order valence-electron chi connectivity index (χ1n) is 12.0. The zero-order valence-corrected chi connectivity index (χ0v) is 23.3. The average molecular weight is 608 g/mol. The quantitative estimate of drug-likeness (QED) is 0.218. The number of ether oxygens (including phenoxy) is 1. The minimum atomic E-state index is -4.94.